The van der Waals surface area contributed by atoms with Gasteiger partial charge in [-0.1, -0.05) is 0 Å². The van der Waals surface area contributed by atoms with Crippen LogP contribution in [0.5, 0.6) is 11.5 Å². The number of rotatable bonds is 5. The van der Waals surface area contributed by atoms with Gasteiger partial charge in [-0.15, -0.1) is 0 Å². The first kappa shape index (κ1) is 11.5. The minimum atomic E-state index is 0.502. The van der Waals surface area contributed by atoms with Gasteiger partial charge in [0.25, 0.3) is 0 Å². The van der Waals surface area contributed by atoms with Crippen LogP contribution in [0.1, 0.15) is 15.9 Å². The van der Waals surface area contributed by atoms with E-state index in [2.05, 4.69) is 0 Å². The molecule has 0 saturated carbocycles. The predicted octanol–water partition coefficient (Wildman–Crippen LogP) is 1.02. The molecule has 4 nitrogen and oxygen atoms in total. The van der Waals surface area contributed by atoms with Gasteiger partial charge >= 0.3 is 0 Å². The quantitative estimate of drug-likeness (QED) is 0.735. The van der Waals surface area contributed by atoms with Gasteiger partial charge in [-0.2, -0.15) is 0 Å². The lowest BCUT2D eigenvalue weighted by molar-refractivity contribution is 0.112. The first-order chi connectivity index (χ1) is 7.26. The topological polar surface area (TPSA) is 61.5 Å². The van der Waals surface area contributed by atoms with Crippen LogP contribution in [0.3, 0.4) is 0 Å². The van der Waals surface area contributed by atoms with Crippen LogP contribution in [-0.2, 0) is 6.42 Å². The van der Waals surface area contributed by atoms with Crippen LogP contribution < -0.4 is 15.2 Å². The molecule has 0 fully saturated rings. The summed E-state index contributed by atoms with van der Waals surface area (Å²) in [5.74, 6) is 1.21. The second-order valence-corrected chi connectivity index (χ2v) is 3.07. The Kier molecular flexibility index (Phi) is 4.12. The van der Waals surface area contributed by atoms with Crippen molar-refractivity contribution in [2.24, 2.45) is 5.73 Å². The number of carbonyl (C=O) groups excluding carboxylic acids is 1. The number of nitrogens with two attached hydrogens (primary N) is 1. The molecule has 1 aromatic carbocycles. The molecule has 0 spiro atoms. The predicted molar refractivity (Wildman–Crippen MR) is 57.7 cm³/mol. The average molecular weight is 209 g/mol. The fraction of sp³-hybridized carbons (Fsp3) is 0.364. The van der Waals surface area contributed by atoms with Gasteiger partial charge in [0.2, 0.25) is 0 Å². The lowest BCUT2D eigenvalue weighted by Crippen LogP contribution is -2.06. The molecule has 0 unspecified atom stereocenters. The first-order valence-corrected chi connectivity index (χ1v) is 4.67. The highest BCUT2D eigenvalue weighted by atomic mass is 16.5. The first-order valence-electron chi connectivity index (χ1n) is 4.67. The molecule has 0 amide bonds. The minimum Gasteiger partial charge on any atom is -0.493 e. The van der Waals surface area contributed by atoms with Gasteiger partial charge in [0.15, 0.2) is 11.5 Å². The number of carbonyl (C=O) groups is 1. The van der Waals surface area contributed by atoms with E-state index in [4.69, 9.17) is 15.2 Å². The maximum Gasteiger partial charge on any atom is 0.163 e. The summed E-state index contributed by atoms with van der Waals surface area (Å²) in [4.78, 5) is 10.7. The molecule has 1 rings (SSSR count). The van der Waals surface area contributed by atoms with E-state index >= 15 is 0 Å². The van der Waals surface area contributed by atoms with Crippen molar-refractivity contribution in [1.82, 2.24) is 0 Å². The van der Waals surface area contributed by atoms with E-state index in [0.29, 0.717) is 30.0 Å². The molecule has 0 aliphatic rings. The van der Waals surface area contributed by atoms with Gasteiger partial charge < -0.3 is 15.2 Å². The summed E-state index contributed by atoms with van der Waals surface area (Å²) < 4.78 is 10.4. The summed E-state index contributed by atoms with van der Waals surface area (Å²) in [6.07, 6.45) is 1.43. The molecule has 0 radical (unpaired) electrons. The van der Waals surface area contributed by atoms with Crippen molar-refractivity contribution < 1.29 is 14.3 Å². The van der Waals surface area contributed by atoms with E-state index in [0.717, 1.165) is 11.8 Å². The Hall–Kier alpha value is -1.55. The number of hydrogen-bond acceptors (Lipinski definition) is 4. The van der Waals surface area contributed by atoms with Gasteiger partial charge in [-0.25, -0.2) is 0 Å². The summed E-state index contributed by atoms with van der Waals surface area (Å²) >= 11 is 0. The Balaban J connectivity index is 3.25. The van der Waals surface area contributed by atoms with E-state index in [-0.39, 0.29) is 0 Å². The van der Waals surface area contributed by atoms with Crippen molar-refractivity contribution in [2.75, 3.05) is 20.8 Å². The highest BCUT2D eigenvalue weighted by molar-refractivity contribution is 5.77. The van der Waals surface area contributed by atoms with Crippen LogP contribution in [-0.4, -0.2) is 27.1 Å². The maximum absolute atomic E-state index is 10.7. The summed E-state index contributed by atoms with van der Waals surface area (Å²) in [5.41, 5.74) is 6.94. The molecular weight excluding hydrogens is 194 g/mol. The van der Waals surface area contributed by atoms with Gasteiger partial charge in [0.1, 0.15) is 6.29 Å². The molecule has 0 atom stereocenters. The minimum absolute atomic E-state index is 0.502. The second-order valence-electron chi connectivity index (χ2n) is 3.07. The molecule has 0 bridgehead atoms. The van der Waals surface area contributed by atoms with Gasteiger partial charge in [0.05, 0.1) is 14.2 Å². The Morgan fingerprint density at radius 3 is 2.53 bits per heavy atom. The molecule has 1 aromatic rings. The highest BCUT2D eigenvalue weighted by Crippen LogP contribution is 2.32. The average Bonchev–Trinajstić information content (AvgIpc) is 2.28. The molecule has 4 heteroatoms. The molecule has 0 heterocycles. The van der Waals surface area contributed by atoms with Crippen molar-refractivity contribution in [1.29, 1.82) is 0 Å². The monoisotopic (exact) mass is 209 g/mol. The Bertz CT molecular complexity index is 350. The van der Waals surface area contributed by atoms with Crippen LogP contribution in [0.15, 0.2) is 12.1 Å². The largest absolute Gasteiger partial charge is 0.493 e. The van der Waals surface area contributed by atoms with Crippen molar-refractivity contribution in [3.05, 3.63) is 23.3 Å². The summed E-state index contributed by atoms with van der Waals surface area (Å²) in [6, 6.07) is 3.41. The van der Waals surface area contributed by atoms with E-state index in [1.807, 2.05) is 0 Å². The summed E-state index contributed by atoms with van der Waals surface area (Å²) in [6.45, 7) is 0.502. The van der Waals surface area contributed by atoms with Gasteiger partial charge in [-0.05, 0) is 30.7 Å². The summed E-state index contributed by atoms with van der Waals surface area (Å²) in [5, 5.41) is 0. The summed E-state index contributed by atoms with van der Waals surface area (Å²) in [7, 11) is 3.11. The Morgan fingerprint density at radius 1 is 1.33 bits per heavy atom. The van der Waals surface area contributed by atoms with Crippen LogP contribution in [0.4, 0.5) is 0 Å². The van der Waals surface area contributed by atoms with Gasteiger partial charge in [0, 0.05) is 5.56 Å². The van der Waals surface area contributed by atoms with Crippen LogP contribution >= 0.6 is 0 Å². The number of ether oxygens (including phenoxy) is 2. The van der Waals surface area contributed by atoms with Crippen LogP contribution in [0.25, 0.3) is 0 Å². The number of methoxy groups -OCH3 is 2. The standard InChI is InChI=1S/C11H15NO3/c1-14-10-6-8(7-13)5-9(3-4-12)11(10)15-2/h5-7H,3-4,12H2,1-2H3. The molecule has 0 saturated heterocycles. The zero-order valence-electron chi connectivity index (χ0n) is 8.95. The van der Waals surface area contributed by atoms with Gasteiger partial charge in [-0.3, -0.25) is 4.79 Å². The molecule has 82 valence electrons. The Morgan fingerprint density at radius 2 is 2.07 bits per heavy atom. The molecule has 2 N–H and O–H groups in total. The zero-order chi connectivity index (χ0) is 11.3. The second kappa shape index (κ2) is 5.36. The van der Waals surface area contributed by atoms with E-state index in [9.17, 15) is 4.79 Å². The maximum atomic E-state index is 10.7. The molecule has 0 aromatic heterocycles. The smallest absolute Gasteiger partial charge is 0.163 e. The molecule has 0 aliphatic carbocycles. The van der Waals surface area contributed by atoms with E-state index < -0.39 is 0 Å². The number of hydrogen-bond donors (Lipinski definition) is 1. The third kappa shape index (κ3) is 2.47. The molecular formula is C11H15NO3. The van der Waals surface area contributed by atoms with Crippen LogP contribution in [0, 0.1) is 0 Å². The van der Waals surface area contributed by atoms with E-state index in [1.54, 1.807) is 26.4 Å². The lowest BCUT2D eigenvalue weighted by atomic mass is 10.1. The zero-order valence-corrected chi connectivity index (χ0v) is 8.95. The fourth-order valence-corrected chi connectivity index (χ4v) is 1.48. The van der Waals surface area contributed by atoms with Crippen molar-refractivity contribution in [2.45, 2.75) is 6.42 Å². The number of benzene rings is 1. The SMILES string of the molecule is COc1cc(C=O)cc(CCN)c1OC. The van der Waals surface area contributed by atoms with E-state index in [1.165, 1.54) is 0 Å². The molecule has 0 aliphatic heterocycles. The van der Waals surface area contributed by atoms with Crippen molar-refractivity contribution in [3.63, 3.8) is 0 Å². The van der Waals surface area contributed by atoms with Crippen LogP contribution in [0.2, 0.25) is 0 Å². The third-order valence-corrected chi connectivity index (χ3v) is 2.13. The number of aldehydes is 1. The van der Waals surface area contributed by atoms with Crippen molar-refractivity contribution >= 4 is 6.29 Å². The highest BCUT2D eigenvalue weighted by Gasteiger charge is 2.11. The van der Waals surface area contributed by atoms with Crippen molar-refractivity contribution in [3.8, 4) is 11.5 Å². The molecule has 15 heavy (non-hydrogen) atoms. The Labute approximate surface area is 89.0 Å². The normalized spacial score (nSPS) is 9.80. The third-order valence-electron chi connectivity index (χ3n) is 2.13. The fourth-order valence-electron chi connectivity index (χ4n) is 1.48. The lowest BCUT2D eigenvalue weighted by Gasteiger charge is -2.12.